The summed E-state index contributed by atoms with van der Waals surface area (Å²) in [5.74, 6) is 0.506. The van der Waals surface area contributed by atoms with E-state index < -0.39 is 6.10 Å². The van der Waals surface area contributed by atoms with Gasteiger partial charge < -0.3 is 20.3 Å². The summed E-state index contributed by atoms with van der Waals surface area (Å²) in [5, 5.41) is 5.76. The predicted octanol–water partition coefficient (Wildman–Crippen LogP) is 0.526. The summed E-state index contributed by atoms with van der Waals surface area (Å²) in [4.78, 5) is 25.6. The Kier molecular flexibility index (Phi) is 5.16. The molecule has 1 aliphatic rings. The van der Waals surface area contributed by atoms with Crippen molar-refractivity contribution in [3.8, 4) is 5.75 Å². The summed E-state index contributed by atoms with van der Waals surface area (Å²) in [6.07, 6.45) is -0.247. The van der Waals surface area contributed by atoms with Gasteiger partial charge in [-0.3, -0.25) is 9.59 Å². The van der Waals surface area contributed by atoms with Gasteiger partial charge >= 0.3 is 0 Å². The lowest BCUT2D eigenvalue weighted by Crippen LogP contribution is -2.46. The summed E-state index contributed by atoms with van der Waals surface area (Å²) in [6, 6.07) is 7.38. The first-order chi connectivity index (χ1) is 10.1. The molecule has 1 heterocycles. The van der Waals surface area contributed by atoms with Crippen LogP contribution in [0.4, 0.5) is 5.69 Å². The Morgan fingerprint density at radius 1 is 1.33 bits per heavy atom. The number of rotatable bonds is 6. The Morgan fingerprint density at radius 3 is 2.86 bits per heavy atom. The summed E-state index contributed by atoms with van der Waals surface area (Å²) in [7, 11) is 1.83. The van der Waals surface area contributed by atoms with Gasteiger partial charge in [0.05, 0.1) is 5.69 Å². The molecule has 1 aliphatic heterocycles. The number of benzene rings is 1. The van der Waals surface area contributed by atoms with E-state index in [1.54, 1.807) is 11.8 Å². The van der Waals surface area contributed by atoms with Crippen LogP contribution in [0.25, 0.3) is 0 Å². The number of hydrogen-bond donors (Lipinski definition) is 2. The van der Waals surface area contributed by atoms with Crippen molar-refractivity contribution in [2.45, 2.75) is 19.4 Å². The fourth-order valence-electron chi connectivity index (χ4n) is 2.22. The third-order valence-corrected chi connectivity index (χ3v) is 3.33. The highest BCUT2D eigenvalue weighted by Crippen LogP contribution is 2.33. The molecule has 1 aromatic carbocycles. The lowest BCUT2D eigenvalue weighted by Gasteiger charge is -2.32. The van der Waals surface area contributed by atoms with Crippen LogP contribution >= 0.6 is 0 Å². The lowest BCUT2D eigenvalue weighted by molar-refractivity contribution is -0.125. The zero-order valence-electron chi connectivity index (χ0n) is 12.4. The molecule has 1 unspecified atom stereocenters. The van der Waals surface area contributed by atoms with Gasteiger partial charge in [-0.25, -0.2) is 0 Å². The largest absolute Gasteiger partial charge is 0.479 e. The number of anilines is 1. The van der Waals surface area contributed by atoms with Crippen LogP contribution in [0.1, 0.15) is 13.3 Å². The van der Waals surface area contributed by atoms with Crippen LogP contribution in [-0.4, -0.2) is 44.6 Å². The van der Waals surface area contributed by atoms with Gasteiger partial charge in [-0.05, 0) is 26.1 Å². The fraction of sp³-hybridized carbons (Fsp3) is 0.467. The Hall–Kier alpha value is -2.08. The molecule has 0 fully saturated rings. The van der Waals surface area contributed by atoms with Gasteiger partial charge in [-0.2, -0.15) is 0 Å². The molecule has 1 atom stereocenters. The van der Waals surface area contributed by atoms with Crippen LogP contribution in [0.15, 0.2) is 24.3 Å². The average Bonchev–Trinajstić information content (AvgIpc) is 2.48. The standard InChI is InChI=1S/C15H21N3O3/c1-11-15(20)18(10-7-14(19)17-9-8-16-2)12-5-3-4-6-13(12)21-11/h3-6,11,16H,7-10H2,1-2H3,(H,17,19). The molecule has 1 aromatic rings. The second kappa shape index (κ2) is 7.08. The van der Waals surface area contributed by atoms with Crippen LogP contribution in [0.2, 0.25) is 0 Å². The molecule has 2 N–H and O–H groups in total. The minimum atomic E-state index is -0.521. The molecule has 21 heavy (non-hydrogen) atoms. The normalized spacial score (nSPS) is 17.1. The number of hydrogen-bond acceptors (Lipinski definition) is 4. The number of fused-ring (bicyclic) bond motifs is 1. The molecule has 2 amide bonds. The number of carbonyl (C=O) groups is 2. The molecule has 6 nitrogen and oxygen atoms in total. The van der Waals surface area contributed by atoms with Crippen molar-refractivity contribution in [2.24, 2.45) is 0 Å². The number of carbonyl (C=O) groups excluding carboxylic acids is 2. The first-order valence-electron chi connectivity index (χ1n) is 7.12. The maximum Gasteiger partial charge on any atom is 0.267 e. The van der Waals surface area contributed by atoms with Crippen molar-refractivity contribution < 1.29 is 14.3 Å². The molecule has 0 aliphatic carbocycles. The van der Waals surface area contributed by atoms with Crippen LogP contribution in [0.5, 0.6) is 5.75 Å². The van der Waals surface area contributed by atoms with E-state index in [-0.39, 0.29) is 18.2 Å². The van der Waals surface area contributed by atoms with E-state index in [2.05, 4.69) is 10.6 Å². The monoisotopic (exact) mass is 291 g/mol. The van der Waals surface area contributed by atoms with E-state index in [1.165, 1.54) is 0 Å². The average molecular weight is 291 g/mol. The van der Waals surface area contributed by atoms with Crippen LogP contribution in [-0.2, 0) is 9.59 Å². The summed E-state index contributed by atoms with van der Waals surface area (Å²) >= 11 is 0. The van der Waals surface area contributed by atoms with E-state index >= 15 is 0 Å². The van der Waals surface area contributed by atoms with E-state index in [1.807, 2.05) is 31.3 Å². The van der Waals surface area contributed by atoms with Crippen molar-refractivity contribution >= 4 is 17.5 Å². The first kappa shape index (κ1) is 15.3. The van der Waals surface area contributed by atoms with Crippen molar-refractivity contribution in [3.63, 3.8) is 0 Å². The zero-order chi connectivity index (χ0) is 15.2. The Balaban J connectivity index is 1.98. The molecule has 2 rings (SSSR count). The fourth-order valence-corrected chi connectivity index (χ4v) is 2.22. The van der Waals surface area contributed by atoms with Gasteiger partial charge in [0.2, 0.25) is 5.91 Å². The summed E-state index contributed by atoms with van der Waals surface area (Å²) in [6.45, 7) is 3.38. The Labute approximate surface area is 124 Å². The Morgan fingerprint density at radius 2 is 2.10 bits per heavy atom. The maximum atomic E-state index is 12.2. The minimum absolute atomic E-state index is 0.0605. The van der Waals surface area contributed by atoms with E-state index in [0.29, 0.717) is 18.8 Å². The van der Waals surface area contributed by atoms with Gasteiger partial charge in [0.1, 0.15) is 5.75 Å². The molecule has 0 saturated carbocycles. The van der Waals surface area contributed by atoms with Gasteiger partial charge in [0.25, 0.3) is 5.91 Å². The third-order valence-electron chi connectivity index (χ3n) is 3.33. The molecule has 6 heteroatoms. The zero-order valence-corrected chi connectivity index (χ0v) is 12.4. The second-order valence-corrected chi connectivity index (χ2v) is 4.92. The van der Waals surface area contributed by atoms with Gasteiger partial charge in [0, 0.05) is 26.1 Å². The number of ether oxygens (including phenoxy) is 1. The summed E-state index contributed by atoms with van der Waals surface area (Å²) < 4.78 is 5.56. The first-order valence-corrected chi connectivity index (χ1v) is 7.12. The van der Waals surface area contributed by atoms with Crippen molar-refractivity contribution in [1.29, 1.82) is 0 Å². The van der Waals surface area contributed by atoms with Gasteiger partial charge in [0.15, 0.2) is 6.10 Å². The third kappa shape index (κ3) is 3.72. The SMILES string of the molecule is CNCCNC(=O)CCN1C(=O)C(C)Oc2ccccc21. The highest BCUT2D eigenvalue weighted by Gasteiger charge is 2.31. The van der Waals surface area contributed by atoms with Gasteiger partial charge in [-0.1, -0.05) is 12.1 Å². The number of nitrogens with one attached hydrogen (secondary N) is 2. The van der Waals surface area contributed by atoms with Gasteiger partial charge in [-0.15, -0.1) is 0 Å². The van der Waals surface area contributed by atoms with E-state index in [9.17, 15) is 9.59 Å². The Bertz CT molecular complexity index is 519. The number of nitrogens with zero attached hydrogens (tertiary/aromatic N) is 1. The minimum Gasteiger partial charge on any atom is -0.479 e. The molecule has 0 bridgehead atoms. The summed E-state index contributed by atoms with van der Waals surface area (Å²) in [5.41, 5.74) is 0.726. The highest BCUT2D eigenvalue weighted by atomic mass is 16.5. The van der Waals surface area contributed by atoms with Crippen molar-refractivity contribution in [2.75, 3.05) is 31.6 Å². The quantitative estimate of drug-likeness (QED) is 0.750. The highest BCUT2D eigenvalue weighted by molar-refractivity contribution is 6.00. The predicted molar refractivity (Wildman–Crippen MR) is 80.4 cm³/mol. The topological polar surface area (TPSA) is 70.7 Å². The molecule has 114 valence electrons. The van der Waals surface area contributed by atoms with Crippen LogP contribution in [0.3, 0.4) is 0 Å². The van der Waals surface area contributed by atoms with Crippen LogP contribution < -0.4 is 20.3 Å². The van der Waals surface area contributed by atoms with E-state index in [4.69, 9.17) is 4.74 Å². The number of para-hydroxylation sites is 2. The molecular weight excluding hydrogens is 270 g/mol. The number of amides is 2. The van der Waals surface area contributed by atoms with Crippen molar-refractivity contribution in [3.05, 3.63) is 24.3 Å². The molecule has 0 saturated heterocycles. The van der Waals surface area contributed by atoms with E-state index in [0.717, 1.165) is 12.2 Å². The van der Waals surface area contributed by atoms with Crippen LogP contribution in [0, 0.1) is 0 Å². The number of likely N-dealkylation sites (N-methyl/N-ethyl adjacent to an activating group) is 1. The molecule has 0 spiro atoms. The second-order valence-electron chi connectivity index (χ2n) is 4.92. The molecular formula is C15H21N3O3. The van der Waals surface area contributed by atoms with Crippen molar-refractivity contribution in [1.82, 2.24) is 10.6 Å². The smallest absolute Gasteiger partial charge is 0.267 e. The maximum absolute atomic E-state index is 12.2. The lowest BCUT2D eigenvalue weighted by atomic mass is 10.1. The molecule has 0 aromatic heterocycles. The molecule has 0 radical (unpaired) electrons.